The summed E-state index contributed by atoms with van der Waals surface area (Å²) in [6.07, 6.45) is 11.7. The van der Waals surface area contributed by atoms with Crippen LogP contribution in [-0.4, -0.2) is 42.9 Å². The summed E-state index contributed by atoms with van der Waals surface area (Å²) in [7, 11) is 1.83. The SMILES string of the molecule is CC(C)(C)OC(=O)N1CCCC1.CCCCCCC(CCC)OC. The molecule has 0 bridgehead atoms. The molecule has 0 aromatic heterocycles. The zero-order valence-corrected chi connectivity index (χ0v) is 17.0. The highest BCUT2D eigenvalue weighted by Crippen LogP contribution is 2.14. The number of methoxy groups -OCH3 is 1. The first kappa shape index (κ1) is 23.2. The Morgan fingerprint density at radius 2 is 1.62 bits per heavy atom. The maximum absolute atomic E-state index is 11.4. The van der Waals surface area contributed by atoms with Gasteiger partial charge < -0.3 is 14.4 Å². The predicted molar refractivity (Wildman–Crippen MR) is 102 cm³/mol. The molecule has 1 rings (SSSR count). The van der Waals surface area contributed by atoms with Crippen molar-refractivity contribution in [2.45, 2.75) is 104 Å². The van der Waals surface area contributed by atoms with Crippen molar-refractivity contribution in [3.63, 3.8) is 0 Å². The molecule has 1 saturated heterocycles. The third-order valence-corrected chi connectivity index (χ3v) is 4.08. The van der Waals surface area contributed by atoms with Gasteiger partial charge in [0.2, 0.25) is 0 Å². The van der Waals surface area contributed by atoms with Gasteiger partial charge in [-0.05, 0) is 46.5 Å². The van der Waals surface area contributed by atoms with Crippen LogP contribution in [-0.2, 0) is 9.47 Å². The van der Waals surface area contributed by atoms with Gasteiger partial charge in [-0.1, -0.05) is 46.0 Å². The van der Waals surface area contributed by atoms with Gasteiger partial charge in [0.15, 0.2) is 0 Å². The molecule has 1 aliphatic rings. The molecule has 0 aliphatic carbocycles. The smallest absolute Gasteiger partial charge is 0.410 e. The van der Waals surface area contributed by atoms with Crippen LogP contribution in [0.5, 0.6) is 0 Å². The molecule has 0 saturated carbocycles. The molecule has 1 aliphatic heterocycles. The predicted octanol–water partition coefficient (Wildman–Crippen LogP) is 5.79. The van der Waals surface area contributed by atoms with Crippen LogP contribution in [0.15, 0.2) is 0 Å². The second-order valence-electron chi connectivity index (χ2n) is 7.67. The first-order valence-corrected chi connectivity index (χ1v) is 9.84. The molecule has 0 aromatic rings. The minimum atomic E-state index is -0.361. The molecule has 0 radical (unpaired) electrons. The summed E-state index contributed by atoms with van der Waals surface area (Å²) < 4.78 is 10.6. The molecule has 1 fully saturated rings. The van der Waals surface area contributed by atoms with Crippen LogP contribution in [0, 0.1) is 0 Å². The Labute approximate surface area is 150 Å². The number of hydrogen-bond acceptors (Lipinski definition) is 3. The molecule has 24 heavy (non-hydrogen) atoms. The number of likely N-dealkylation sites (tertiary alicyclic amines) is 1. The molecule has 1 amide bonds. The van der Waals surface area contributed by atoms with Crippen molar-refractivity contribution in [1.82, 2.24) is 4.90 Å². The fourth-order valence-corrected chi connectivity index (χ4v) is 2.73. The van der Waals surface area contributed by atoms with E-state index in [0.29, 0.717) is 6.10 Å². The Morgan fingerprint density at radius 1 is 1.00 bits per heavy atom. The minimum absolute atomic E-state index is 0.167. The van der Waals surface area contributed by atoms with Crippen LogP contribution in [0.1, 0.15) is 92.4 Å². The summed E-state index contributed by atoms with van der Waals surface area (Å²) in [5.41, 5.74) is -0.361. The molecule has 4 nitrogen and oxygen atoms in total. The first-order valence-electron chi connectivity index (χ1n) is 9.84. The number of unbranched alkanes of at least 4 members (excludes halogenated alkanes) is 3. The molecule has 0 N–H and O–H groups in total. The Hall–Kier alpha value is -0.770. The lowest BCUT2D eigenvalue weighted by molar-refractivity contribution is 0.0295. The number of carbonyl (C=O) groups is 1. The molecule has 1 unspecified atom stereocenters. The Morgan fingerprint density at radius 3 is 2.08 bits per heavy atom. The summed E-state index contributed by atoms with van der Waals surface area (Å²) in [5, 5.41) is 0. The van der Waals surface area contributed by atoms with Crippen LogP contribution in [0.3, 0.4) is 0 Å². The van der Waals surface area contributed by atoms with Gasteiger partial charge in [0, 0.05) is 20.2 Å². The maximum atomic E-state index is 11.4. The van der Waals surface area contributed by atoms with E-state index in [1.165, 1.54) is 44.9 Å². The largest absolute Gasteiger partial charge is 0.444 e. The van der Waals surface area contributed by atoms with E-state index in [4.69, 9.17) is 9.47 Å². The Balaban J connectivity index is 0.000000441. The highest BCUT2D eigenvalue weighted by molar-refractivity contribution is 5.68. The zero-order chi connectivity index (χ0) is 18.4. The normalized spacial score (nSPS) is 15.7. The average molecular weight is 344 g/mol. The van der Waals surface area contributed by atoms with Crippen LogP contribution in [0.25, 0.3) is 0 Å². The lowest BCUT2D eigenvalue weighted by Crippen LogP contribution is -2.34. The van der Waals surface area contributed by atoms with Gasteiger partial charge in [-0.3, -0.25) is 0 Å². The second kappa shape index (κ2) is 13.5. The van der Waals surface area contributed by atoms with Gasteiger partial charge in [0.25, 0.3) is 0 Å². The summed E-state index contributed by atoms with van der Waals surface area (Å²) in [6.45, 7) is 11.9. The molecule has 0 spiro atoms. The average Bonchev–Trinajstić information content (AvgIpc) is 3.04. The number of nitrogens with zero attached hydrogens (tertiary/aromatic N) is 1. The molecule has 0 aromatic carbocycles. The van der Waals surface area contributed by atoms with E-state index in [2.05, 4.69) is 13.8 Å². The third-order valence-electron chi connectivity index (χ3n) is 4.08. The molecule has 4 heteroatoms. The van der Waals surface area contributed by atoms with Gasteiger partial charge in [0.1, 0.15) is 5.60 Å². The Kier molecular flexibility index (Phi) is 13.1. The maximum Gasteiger partial charge on any atom is 0.410 e. The van der Waals surface area contributed by atoms with E-state index in [0.717, 1.165) is 25.9 Å². The summed E-state index contributed by atoms with van der Waals surface area (Å²) in [6, 6.07) is 0. The molecule has 1 atom stereocenters. The van der Waals surface area contributed by atoms with Crippen LogP contribution in [0.4, 0.5) is 4.79 Å². The quantitative estimate of drug-likeness (QED) is 0.524. The molecule has 1 heterocycles. The lowest BCUT2D eigenvalue weighted by atomic mass is 10.1. The van der Waals surface area contributed by atoms with Crippen LogP contribution < -0.4 is 0 Å². The highest BCUT2D eigenvalue weighted by Gasteiger charge is 2.23. The van der Waals surface area contributed by atoms with Gasteiger partial charge in [-0.2, -0.15) is 0 Å². The summed E-state index contributed by atoms with van der Waals surface area (Å²) in [5.74, 6) is 0. The van der Waals surface area contributed by atoms with Crippen molar-refractivity contribution >= 4 is 6.09 Å². The number of rotatable bonds is 8. The van der Waals surface area contributed by atoms with Gasteiger partial charge in [-0.15, -0.1) is 0 Å². The van der Waals surface area contributed by atoms with Gasteiger partial charge in [-0.25, -0.2) is 4.79 Å². The monoisotopic (exact) mass is 343 g/mol. The topological polar surface area (TPSA) is 38.8 Å². The molecular formula is C20H41NO3. The zero-order valence-electron chi connectivity index (χ0n) is 17.0. The van der Waals surface area contributed by atoms with Crippen LogP contribution in [0.2, 0.25) is 0 Å². The van der Waals surface area contributed by atoms with Gasteiger partial charge in [0.05, 0.1) is 6.10 Å². The second-order valence-corrected chi connectivity index (χ2v) is 7.67. The number of ether oxygens (including phenoxy) is 2. The number of hydrogen-bond donors (Lipinski definition) is 0. The first-order chi connectivity index (χ1) is 11.3. The fourth-order valence-electron chi connectivity index (χ4n) is 2.73. The fraction of sp³-hybridized carbons (Fsp3) is 0.950. The number of amides is 1. The van der Waals surface area contributed by atoms with Crippen molar-refractivity contribution in [3.05, 3.63) is 0 Å². The summed E-state index contributed by atoms with van der Waals surface area (Å²) >= 11 is 0. The molecular weight excluding hydrogens is 302 g/mol. The van der Waals surface area contributed by atoms with E-state index >= 15 is 0 Å². The Bertz CT molecular complexity index is 306. The van der Waals surface area contributed by atoms with Crippen LogP contribution >= 0.6 is 0 Å². The standard InChI is InChI=1S/C11H24O.C9H17NO2/c1-4-6-7-8-10-11(12-3)9-5-2;1-9(2,3)12-8(11)10-6-4-5-7-10/h11H,4-10H2,1-3H3;4-7H2,1-3H3. The van der Waals surface area contributed by atoms with E-state index < -0.39 is 0 Å². The van der Waals surface area contributed by atoms with Gasteiger partial charge >= 0.3 is 6.09 Å². The van der Waals surface area contributed by atoms with E-state index in [-0.39, 0.29) is 11.7 Å². The third kappa shape index (κ3) is 12.6. The number of carbonyl (C=O) groups excluding carboxylic acids is 1. The minimum Gasteiger partial charge on any atom is -0.444 e. The molecule has 144 valence electrons. The van der Waals surface area contributed by atoms with E-state index in [1.54, 1.807) is 4.90 Å². The van der Waals surface area contributed by atoms with E-state index in [9.17, 15) is 4.79 Å². The van der Waals surface area contributed by atoms with Crippen molar-refractivity contribution in [2.24, 2.45) is 0 Å². The summed E-state index contributed by atoms with van der Waals surface area (Å²) in [4.78, 5) is 13.1. The van der Waals surface area contributed by atoms with Crippen molar-refractivity contribution in [1.29, 1.82) is 0 Å². The highest BCUT2D eigenvalue weighted by atomic mass is 16.6. The van der Waals surface area contributed by atoms with E-state index in [1.807, 2.05) is 27.9 Å². The van der Waals surface area contributed by atoms with Crippen molar-refractivity contribution in [3.8, 4) is 0 Å². The lowest BCUT2D eigenvalue weighted by Gasteiger charge is -2.23. The van der Waals surface area contributed by atoms with Crippen molar-refractivity contribution in [2.75, 3.05) is 20.2 Å². The van der Waals surface area contributed by atoms with Crippen molar-refractivity contribution < 1.29 is 14.3 Å².